The van der Waals surface area contributed by atoms with E-state index in [4.69, 9.17) is 5.73 Å². The second kappa shape index (κ2) is 4.00. The van der Waals surface area contributed by atoms with E-state index >= 15 is 0 Å². The van der Waals surface area contributed by atoms with Gasteiger partial charge in [0.1, 0.15) is 11.9 Å². The first-order valence-corrected chi connectivity index (χ1v) is 3.88. The first-order chi connectivity index (χ1) is 6.16. The van der Waals surface area contributed by atoms with Gasteiger partial charge in [-0.05, 0) is 13.1 Å². The Kier molecular flexibility index (Phi) is 2.97. The highest BCUT2D eigenvalue weighted by atomic mass is 19.1. The standard InChI is InChI=1S/C9H11FN2O/c1-12-8(9(11)13)6-4-2-3-5-7(6)10/h2-5,8,12H,1H3,(H2,11,13)/t8-/m0/s1. The Balaban J connectivity index is 3.04. The number of nitrogens with two attached hydrogens (primary N) is 1. The van der Waals surface area contributed by atoms with E-state index in [1.807, 2.05) is 0 Å². The minimum atomic E-state index is -0.763. The molecule has 0 fully saturated rings. The highest BCUT2D eigenvalue weighted by Gasteiger charge is 2.18. The van der Waals surface area contributed by atoms with E-state index in [0.717, 1.165) is 0 Å². The van der Waals surface area contributed by atoms with Crippen molar-refractivity contribution in [2.24, 2.45) is 5.73 Å². The first-order valence-electron chi connectivity index (χ1n) is 3.88. The summed E-state index contributed by atoms with van der Waals surface area (Å²) in [5, 5.41) is 2.64. The zero-order valence-electron chi connectivity index (χ0n) is 7.25. The van der Waals surface area contributed by atoms with Gasteiger partial charge in [-0.25, -0.2) is 4.39 Å². The molecule has 0 aromatic heterocycles. The second-order valence-electron chi connectivity index (χ2n) is 2.65. The fourth-order valence-electron chi connectivity index (χ4n) is 1.16. The summed E-state index contributed by atoms with van der Waals surface area (Å²) in [6.07, 6.45) is 0. The third-order valence-electron chi connectivity index (χ3n) is 1.79. The van der Waals surface area contributed by atoms with Gasteiger partial charge in [-0.1, -0.05) is 18.2 Å². The van der Waals surface area contributed by atoms with E-state index in [-0.39, 0.29) is 5.56 Å². The van der Waals surface area contributed by atoms with Crippen LogP contribution in [0.25, 0.3) is 0 Å². The molecule has 0 aliphatic rings. The van der Waals surface area contributed by atoms with E-state index in [0.29, 0.717) is 0 Å². The van der Waals surface area contributed by atoms with Gasteiger partial charge in [0.25, 0.3) is 0 Å². The maximum Gasteiger partial charge on any atom is 0.239 e. The van der Waals surface area contributed by atoms with Crippen molar-refractivity contribution in [1.29, 1.82) is 0 Å². The smallest absolute Gasteiger partial charge is 0.239 e. The van der Waals surface area contributed by atoms with E-state index in [1.54, 1.807) is 19.2 Å². The average Bonchev–Trinajstić information content (AvgIpc) is 2.09. The van der Waals surface area contributed by atoms with Gasteiger partial charge < -0.3 is 11.1 Å². The van der Waals surface area contributed by atoms with E-state index in [2.05, 4.69) is 5.32 Å². The Hall–Kier alpha value is -1.42. The van der Waals surface area contributed by atoms with Gasteiger partial charge in [0, 0.05) is 5.56 Å². The Morgan fingerprint density at radius 1 is 1.54 bits per heavy atom. The maximum atomic E-state index is 13.1. The molecule has 0 heterocycles. The molecule has 4 heteroatoms. The maximum absolute atomic E-state index is 13.1. The van der Waals surface area contributed by atoms with Gasteiger partial charge in [-0.2, -0.15) is 0 Å². The van der Waals surface area contributed by atoms with Crippen molar-refractivity contribution in [1.82, 2.24) is 5.32 Å². The lowest BCUT2D eigenvalue weighted by Crippen LogP contribution is -2.31. The Labute approximate surface area is 75.7 Å². The summed E-state index contributed by atoms with van der Waals surface area (Å²) in [7, 11) is 1.56. The molecule has 70 valence electrons. The van der Waals surface area contributed by atoms with Gasteiger partial charge in [0.05, 0.1) is 0 Å². The lowest BCUT2D eigenvalue weighted by molar-refractivity contribution is -0.120. The SMILES string of the molecule is CN[C@H](C(N)=O)c1ccccc1F. The molecule has 0 aliphatic heterocycles. The number of hydrogen-bond donors (Lipinski definition) is 2. The van der Waals surface area contributed by atoms with Crippen LogP contribution in [0.3, 0.4) is 0 Å². The predicted molar refractivity (Wildman–Crippen MR) is 47.4 cm³/mol. The van der Waals surface area contributed by atoms with Crippen LogP contribution < -0.4 is 11.1 Å². The normalized spacial score (nSPS) is 12.5. The number of rotatable bonds is 3. The molecule has 1 aromatic rings. The summed E-state index contributed by atoms with van der Waals surface area (Å²) in [6, 6.07) is 5.28. The monoisotopic (exact) mass is 182 g/mol. The third-order valence-corrected chi connectivity index (χ3v) is 1.79. The largest absolute Gasteiger partial charge is 0.368 e. The summed E-state index contributed by atoms with van der Waals surface area (Å²) >= 11 is 0. The number of carbonyl (C=O) groups is 1. The zero-order chi connectivity index (χ0) is 9.84. The van der Waals surface area contributed by atoms with Crippen molar-refractivity contribution in [3.8, 4) is 0 Å². The molecule has 1 amide bonds. The highest BCUT2D eigenvalue weighted by Crippen LogP contribution is 2.15. The van der Waals surface area contributed by atoms with Crippen LogP contribution in [0.1, 0.15) is 11.6 Å². The molecule has 1 rings (SSSR count). The van der Waals surface area contributed by atoms with E-state index in [9.17, 15) is 9.18 Å². The van der Waals surface area contributed by atoms with Gasteiger partial charge in [0.15, 0.2) is 0 Å². The Morgan fingerprint density at radius 2 is 2.15 bits per heavy atom. The molecule has 3 N–H and O–H groups in total. The Morgan fingerprint density at radius 3 is 2.62 bits per heavy atom. The number of halogens is 1. The molecule has 1 aromatic carbocycles. The quantitative estimate of drug-likeness (QED) is 0.718. The molecule has 0 spiro atoms. The fraction of sp³-hybridized carbons (Fsp3) is 0.222. The van der Waals surface area contributed by atoms with Crippen LogP contribution in [0.5, 0.6) is 0 Å². The lowest BCUT2D eigenvalue weighted by Gasteiger charge is -2.12. The minimum Gasteiger partial charge on any atom is -0.368 e. The molecule has 0 radical (unpaired) electrons. The summed E-state index contributed by atoms with van der Waals surface area (Å²) in [5.41, 5.74) is 5.36. The topological polar surface area (TPSA) is 55.1 Å². The molecule has 0 saturated heterocycles. The molecule has 0 saturated carbocycles. The second-order valence-corrected chi connectivity index (χ2v) is 2.65. The number of benzene rings is 1. The van der Waals surface area contributed by atoms with Gasteiger partial charge in [-0.3, -0.25) is 4.79 Å². The van der Waals surface area contributed by atoms with Crippen LogP contribution in [0, 0.1) is 5.82 Å². The number of hydrogen-bond acceptors (Lipinski definition) is 2. The summed E-state index contributed by atoms with van der Waals surface area (Å²) in [4.78, 5) is 10.9. The van der Waals surface area contributed by atoms with Crippen molar-refractivity contribution in [3.05, 3.63) is 35.6 Å². The van der Waals surface area contributed by atoms with Crippen molar-refractivity contribution < 1.29 is 9.18 Å². The van der Waals surface area contributed by atoms with E-state index in [1.165, 1.54) is 12.1 Å². The number of nitrogens with one attached hydrogen (secondary N) is 1. The molecular formula is C9H11FN2O. The van der Waals surface area contributed by atoms with Crippen LogP contribution in [0.15, 0.2) is 24.3 Å². The third kappa shape index (κ3) is 2.03. The molecule has 13 heavy (non-hydrogen) atoms. The number of likely N-dealkylation sites (N-methyl/N-ethyl adjacent to an activating group) is 1. The van der Waals surface area contributed by atoms with Crippen LogP contribution in [0.2, 0.25) is 0 Å². The molecule has 0 unspecified atom stereocenters. The van der Waals surface area contributed by atoms with Gasteiger partial charge in [0.2, 0.25) is 5.91 Å². The molecule has 3 nitrogen and oxygen atoms in total. The first kappa shape index (κ1) is 9.67. The number of carbonyl (C=O) groups excluding carboxylic acids is 1. The highest BCUT2D eigenvalue weighted by molar-refractivity contribution is 5.81. The Bertz CT molecular complexity index is 314. The summed E-state index contributed by atoms with van der Waals surface area (Å²) in [5.74, 6) is -1.02. The van der Waals surface area contributed by atoms with Gasteiger partial charge in [-0.15, -0.1) is 0 Å². The van der Waals surface area contributed by atoms with Gasteiger partial charge >= 0.3 is 0 Å². The number of primary amides is 1. The van der Waals surface area contributed by atoms with Crippen LogP contribution >= 0.6 is 0 Å². The van der Waals surface area contributed by atoms with Crippen molar-refractivity contribution >= 4 is 5.91 Å². The fourth-order valence-corrected chi connectivity index (χ4v) is 1.16. The van der Waals surface area contributed by atoms with Crippen LogP contribution in [0.4, 0.5) is 4.39 Å². The molecule has 0 bridgehead atoms. The van der Waals surface area contributed by atoms with Crippen molar-refractivity contribution in [3.63, 3.8) is 0 Å². The average molecular weight is 182 g/mol. The van der Waals surface area contributed by atoms with Crippen LogP contribution in [-0.2, 0) is 4.79 Å². The summed E-state index contributed by atoms with van der Waals surface area (Å²) < 4.78 is 13.1. The van der Waals surface area contributed by atoms with E-state index < -0.39 is 17.8 Å². The molecular weight excluding hydrogens is 171 g/mol. The molecule has 1 atom stereocenters. The molecule has 0 aliphatic carbocycles. The lowest BCUT2D eigenvalue weighted by atomic mass is 10.1. The predicted octanol–water partition coefficient (Wildman–Crippen LogP) is 0.571. The number of amides is 1. The minimum absolute atomic E-state index is 0.275. The zero-order valence-corrected chi connectivity index (χ0v) is 7.25. The summed E-state index contributed by atoms with van der Waals surface area (Å²) in [6.45, 7) is 0. The van der Waals surface area contributed by atoms with Crippen LogP contribution in [-0.4, -0.2) is 13.0 Å². The van der Waals surface area contributed by atoms with Crippen molar-refractivity contribution in [2.75, 3.05) is 7.05 Å². The van der Waals surface area contributed by atoms with Crippen molar-refractivity contribution in [2.45, 2.75) is 6.04 Å².